The Kier molecular flexibility index (Phi) is 3.17. The van der Waals surface area contributed by atoms with Gasteiger partial charge in [0.15, 0.2) is 0 Å². The van der Waals surface area contributed by atoms with Crippen molar-refractivity contribution in [3.05, 3.63) is 29.3 Å². The monoisotopic (exact) mass is 277 g/mol. The van der Waals surface area contributed by atoms with E-state index in [-0.39, 0.29) is 5.91 Å². The van der Waals surface area contributed by atoms with E-state index in [0.717, 1.165) is 16.8 Å². The van der Waals surface area contributed by atoms with Crippen molar-refractivity contribution in [3.63, 3.8) is 0 Å². The zero-order chi connectivity index (χ0) is 14.3. The second kappa shape index (κ2) is 4.86. The molecule has 5 N–H and O–H groups in total. The summed E-state index contributed by atoms with van der Waals surface area (Å²) in [4.78, 5) is 22.5. The van der Waals surface area contributed by atoms with Gasteiger partial charge in [-0.1, -0.05) is 12.1 Å². The molecule has 1 aromatic rings. The lowest BCUT2D eigenvalue weighted by Crippen LogP contribution is -2.33. The van der Waals surface area contributed by atoms with Crippen LogP contribution in [0.25, 0.3) is 0 Å². The van der Waals surface area contributed by atoms with Gasteiger partial charge in [-0.15, -0.1) is 0 Å². The SMILES string of the molecule is O=C1CCc2cc(C3NNC(O)C3C(=O)O)ccc2N1. The second-order valence-corrected chi connectivity index (χ2v) is 5.04. The van der Waals surface area contributed by atoms with Gasteiger partial charge in [0, 0.05) is 12.1 Å². The van der Waals surface area contributed by atoms with Crippen LogP contribution in [-0.4, -0.2) is 28.3 Å². The molecule has 2 heterocycles. The molecule has 2 aliphatic heterocycles. The summed E-state index contributed by atoms with van der Waals surface area (Å²) in [5, 5.41) is 21.6. The van der Waals surface area contributed by atoms with E-state index in [2.05, 4.69) is 16.2 Å². The number of aryl methyl sites for hydroxylation is 1. The van der Waals surface area contributed by atoms with Crippen molar-refractivity contribution in [2.75, 3.05) is 5.32 Å². The van der Waals surface area contributed by atoms with Gasteiger partial charge in [0.25, 0.3) is 0 Å². The van der Waals surface area contributed by atoms with Gasteiger partial charge in [0.2, 0.25) is 5.91 Å². The molecule has 20 heavy (non-hydrogen) atoms. The summed E-state index contributed by atoms with van der Waals surface area (Å²) < 4.78 is 0. The summed E-state index contributed by atoms with van der Waals surface area (Å²) in [6.07, 6.45) is -0.0685. The Bertz CT molecular complexity index is 575. The van der Waals surface area contributed by atoms with Crippen LogP contribution in [0.1, 0.15) is 23.6 Å². The third-order valence-corrected chi connectivity index (χ3v) is 3.76. The minimum absolute atomic E-state index is 0.00950. The van der Waals surface area contributed by atoms with Crippen LogP contribution in [0, 0.1) is 5.92 Å². The van der Waals surface area contributed by atoms with E-state index < -0.39 is 24.2 Å². The largest absolute Gasteiger partial charge is 0.481 e. The standard InChI is InChI=1S/C13H15N3O4/c17-9-4-2-6-5-7(1-3-8(6)14-9)11-10(13(19)20)12(18)16-15-11/h1,3,5,10-12,15-16,18H,2,4H2,(H,14,17)(H,19,20). The summed E-state index contributed by atoms with van der Waals surface area (Å²) in [5.41, 5.74) is 7.87. The van der Waals surface area contributed by atoms with Crippen LogP contribution in [0.5, 0.6) is 0 Å². The van der Waals surface area contributed by atoms with Crippen LogP contribution in [0.15, 0.2) is 18.2 Å². The molecule has 0 aromatic heterocycles. The van der Waals surface area contributed by atoms with Crippen LogP contribution in [0.2, 0.25) is 0 Å². The van der Waals surface area contributed by atoms with Gasteiger partial charge in [0.05, 0.1) is 6.04 Å². The molecule has 3 rings (SSSR count). The summed E-state index contributed by atoms with van der Waals surface area (Å²) in [6.45, 7) is 0. The number of hydrazine groups is 1. The lowest BCUT2D eigenvalue weighted by molar-refractivity contribution is -0.145. The molecule has 106 valence electrons. The normalized spacial score (nSPS) is 28.9. The molecule has 7 heteroatoms. The number of benzene rings is 1. The van der Waals surface area contributed by atoms with Crippen LogP contribution in [-0.2, 0) is 16.0 Å². The number of nitrogens with one attached hydrogen (secondary N) is 3. The van der Waals surface area contributed by atoms with E-state index in [1.54, 1.807) is 12.1 Å². The third-order valence-electron chi connectivity index (χ3n) is 3.76. The van der Waals surface area contributed by atoms with Crippen LogP contribution in [0.3, 0.4) is 0 Å². The molecule has 3 atom stereocenters. The summed E-state index contributed by atoms with van der Waals surface area (Å²) >= 11 is 0. The van der Waals surface area contributed by atoms with Crippen LogP contribution in [0.4, 0.5) is 5.69 Å². The molecule has 2 aliphatic rings. The van der Waals surface area contributed by atoms with Gasteiger partial charge in [-0.3, -0.25) is 9.59 Å². The highest BCUT2D eigenvalue weighted by Gasteiger charge is 2.41. The number of anilines is 1. The third kappa shape index (κ3) is 2.15. The Balaban J connectivity index is 1.91. The first kappa shape index (κ1) is 13.0. The number of carboxylic acid groups (broad SMARTS) is 1. The molecule has 1 saturated heterocycles. The van der Waals surface area contributed by atoms with E-state index in [4.69, 9.17) is 0 Å². The topological polar surface area (TPSA) is 111 Å². The summed E-state index contributed by atoms with van der Waals surface area (Å²) in [5.74, 6) is -2.03. The molecule has 0 radical (unpaired) electrons. The maximum Gasteiger partial charge on any atom is 0.312 e. The maximum absolute atomic E-state index is 11.3. The Labute approximate surface area is 115 Å². The molecule has 0 saturated carbocycles. The Morgan fingerprint density at radius 2 is 2.05 bits per heavy atom. The Morgan fingerprint density at radius 1 is 1.25 bits per heavy atom. The number of carbonyl (C=O) groups is 2. The zero-order valence-electron chi connectivity index (χ0n) is 10.6. The minimum atomic E-state index is -1.13. The molecule has 0 spiro atoms. The van der Waals surface area contributed by atoms with Crippen molar-refractivity contribution < 1.29 is 19.8 Å². The molecule has 7 nitrogen and oxygen atoms in total. The number of hydrogen-bond acceptors (Lipinski definition) is 5. The number of aliphatic hydroxyl groups is 1. The van der Waals surface area contributed by atoms with E-state index in [1.807, 2.05) is 6.07 Å². The number of amides is 1. The summed E-state index contributed by atoms with van der Waals surface area (Å²) in [7, 11) is 0. The van der Waals surface area contributed by atoms with Crippen molar-refractivity contribution >= 4 is 17.6 Å². The highest BCUT2D eigenvalue weighted by atomic mass is 16.4. The highest BCUT2D eigenvalue weighted by Crippen LogP contribution is 2.32. The summed E-state index contributed by atoms with van der Waals surface area (Å²) in [6, 6.07) is 4.90. The van der Waals surface area contributed by atoms with Gasteiger partial charge in [0.1, 0.15) is 12.1 Å². The Morgan fingerprint density at radius 3 is 2.80 bits per heavy atom. The minimum Gasteiger partial charge on any atom is -0.481 e. The maximum atomic E-state index is 11.3. The second-order valence-electron chi connectivity index (χ2n) is 5.04. The van der Waals surface area contributed by atoms with Gasteiger partial charge < -0.3 is 15.5 Å². The Hall–Kier alpha value is -1.96. The fourth-order valence-electron chi connectivity index (χ4n) is 2.70. The van der Waals surface area contributed by atoms with E-state index in [0.29, 0.717) is 12.8 Å². The zero-order valence-corrected chi connectivity index (χ0v) is 10.6. The molecule has 0 bridgehead atoms. The predicted molar refractivity (Wildman–Crippen MR) is 69.5 cm³/mol. The van der Waals surface area contributed by atoms with Crippen molar-refractivity contribution in [1.82, 2.24) is 10.9 Å². The number of carboxylic acids is 1. The highest BCUT2D eigenvalue weighted by molar-refractivity contribution is 5.93. The lowest BCUT2D eigenvalue weighted by atomic mass is 9.91. The van der Waals surface area contributed by atoms with Crippen molar-refractivity contribution in [3.8, 4) is 0 Å². The first-order valence-corrected chi connectivity index (χ1v) is 6.41. The number of hydrogen-bond donors (Lipinski definition) is 5. The predicted octanol–water partition coefficient (Wildman–Crippen LogP) is -0.261. The number of fused-ring (bicyclic) bond motifs is 1. The molecule has 1 aromatic carbocycles. The first-order chi connectivity index (χ1) is 9.56. The van der Waals surface area contributed by atoms with Crippen molar-refractivity contribution in [2.45, 2.75) is 25.1 Å². The fourth-order valence-corrected chi connectivity index (χ4v) is 2.70. The number of aliphatic hydroxyl groups excluding tert-OH is 1. The van der Waals surface area contributed by atoms with Gasteiger partial charge in [-0.05, 0) is 23.6 Å². The van der Waals surface area contributed by atoms with Gasteiger partial charge in [-0.2, -0.15) is 0 Å². The average Bonchev–Trinajstić information content (AvgIpc) is 2.80. The van der Waals surface area contributed by atoms with E-state index in [1.165, 1.54) is 0 Å². The molecular formula is C13H15N3O4. The van der Waals surface area contributed by atoms with E-state index in [9.17, 15) is 19.8 Å². The van der Waals surface area contributed by atoms with Gasteiger partial charge in [-0.25, -0.2) is 10.9 Å². The molecule has 3 unspecified atom stereocenters. The number of carbonyl (C=O) groups excluding carboxylic acids is 1. The van der Waals surface area contributed by atoms with Crippen molar-refractivity contribution in [2.24, 2.45) is 5.92 Å². The van der Waals surface area contributed by atoms with Crippen LogP contribution < -0.4 is 16.2 Å². The number of rotatable bonds is 2. The number of aliphatic carboxylic acids is 1. The van der Waals surface area contributed by atoms with Crippen molar-refractivity contribution in [1.29, 1.82) is 0 Å². The molecule has 1 fully saturated rings. The molecular weight excluding hydrogens is 262 g/mol. The van der Waals surface area contributed by atoms with E-state index >= 15 is 0 Å². The quantitative estimate of drug-likeness (QED) is 0.509. The smallest absolute Gasteiger partial charge is 0.312 e. The first-order valence-electron chi connectivity index (χ1n) is 6.41. The fraction of sp³-hybridized carbons (Fsp3) is 0.385. The van der Waals surface area contributed by atoms with Crippen LogP contribution >= 0.6 is 0 Å². The average molecular weight is 277 g/mol. The lowest BCUT2D eigenvalue weighted by Gasteiger charge is -2.21. The molecule has 1 amide bonds. The van der Waals surface area contributed by atoms with Gasteiger partial charge >= 0.3 is 5.97 Å². The molecule has 0 aliphatic carbocycles.